The quantitative estimate of drug-likeness (QED) is 0.315. The SMILES string of the molecule is O=C(NCCSc1ccc([N+](=O)[O-])c2nonc12)c1cccs1. The molecule has 1 N–H and O–H groups in total. The molecule has 0 atom stereocenters. The number of fused-ring (bicyclic) bond motifs is 1. The standard InChI is InChI=1S/C13H10N4O4S2/c18-13(10-2-1-6-22-10)14-5-7-23-9-4-3-8(17(19)20)11-12(9)16-21-15-11/h1-4,6H,5,7H2,(H,14,18). The summed E-state index contributed by atoms with van der Waals surface area (Å²) in [5.41, 5.74) is 0.341. The van der Waals surface area contributed by atoms with Crippen molar-refractivity contribution in [3.63, 3.8) is 0 Å². The van der Waals surface area contributed by atoms with Crippen LogP contribution in [0.25, 0.3) is 11.0 Å². The summed E-state index contributed by atoms with van der Waals surface area (Å²) in [5, 5.41) is 22.9. The van der Waals surface area contributed by atoms with Gasteiger partial charge in [0, 0.05) is 23.3 Å². The highest BCUT2D eigenvalue weighted by atomic mass is 32.2. The number of nitrogens with one attached hydrogen (secondary N) is 1. The molecular formula is C13H10N4O4S2. The normalized spacial score (nSPS) is 10.8. The van der Waals surface area contributed by atoms with Crippen LogP contribution in [0.15, 0.2) is 39.2 Å². The number of nitro benzene ring substituents is 1. The lowest BCUT2D eigenvalue weighted by Gasteiger charge is -2.04. The van der Waals surface area contributed by atoms with Crippen LogP contribution in [0.4, 0.5) is 5.69 Å². The summed E-state index contributed by atoms with van der Waals surface area (Å²) in [5.74, 6) is 0.481. The van der Waals surface area contributed by atoms with Gasteiger partial charge in [-0.15, -0.1) is 23.1 Å². The molecule has 3 aromatic rings. The first-order valence-electron chi connectivity index (χ1n) is 6.51. The third-order valence-corrected chi connectivity index (χ3v) is 4.86. The molecule has 2 heterocycles. The molecule has 0 spiro atoms. The Morgan fingerprint density at radius 2 is 2.17 bits per heavy atom. The van der Waals surface area contributed by atoms with E-state index in [0.717, 1.165) is 4.90 Å². The predicted molar refractivity (Wildman–Crippen MR) is 85.8 cm³/mol. The number of hydrogen-bond acceptors (Lipinski definition) is 8. The zero-order valence-electron chi connectivity index (χ0n) is 11.6. The van der Waals surface area contributed by atoms with Crippen LogP contribution in [0.5, 0.6) is 0 Å². The molecule has 0 aliphatic rings. The molecule has 1 amide bonds. The number of benzene rings is 1. The van der Waals surface area contributed by atoms with Gasteiger partial charge in [0.15, 0.2) is 5.52 Å². The third kappa shape index (κ3) is 3.32. The molecule has 2 aromatic heterocycles. The van der Waals surface area contributed by atoms with Crippen LogP contribution in [0.2, 0.25) is 0 Å². The lowest BCUT2D eigenvalue weighted by molar-refractivity contribution is -0.383. The molecule has 0 saturated carbocycles. The second-order valence-corrected chi connectivity index (χ2v) is 6.47. The Balaban J connectivity index is 1.62. The van der Waals surface area contributed by atoms with Gasteiger partial charge in [0.25, 0.3) is 5.91 Å². The van der Waals surface area contributed by atoms with Gasteiger partial charge in [0.05, 0.1) is 9.80 Å². The van der Waals surface area contributed by atoms with Crippen LogP contribution in [-0.4, -0.2) is 33.4 Å². The number of aromatic nitrogens is 2. The highest BCUT2D eigenvalue weighted by Crippen LogP contribution is 2.31. The molecule has 23 heavy (non-hydrogen) atoms. The summed E-state index contributed by atoms with van der Waals surface area (Å²) >= 11 is 2.80. The summed E-state index contributed by atoms with van der Waals surface area (Å²) in [7, 11) is 0. The van der Waals surface area contributed by atoms with Crippen LogP contribution in [0.3, 0.4) is 0 Å². The smallest absolute Gasteiger partial charge is 0.300 e. The number of carbonyl (C=O) groups is 1. The summed E-state index contributed by atoms with van der Waals surface area (Å²) < 4.78 is 4.60. The number of nitro groups is 1. The Morgan fingerprint density at radius 3 is 2.91 bits per heavy atom. The fourth-order valence-corrected chi connectivity index (χ4v) is 3.41. The Kier molecular flexibility index (Phi) is 4.53. The van der Waals surface area contributed by atoms with Gasteiger partial charge in [-0.2, -0.15) is 0 Å². The van der Waals surface area contributed by atoms with Crippen molar-refractivity contribution in [2.24, 2.45) is 0 Å². The number of thioether (sulfide) groups is 1. The number of hydrogen-bond donors (Lipinski definition) is 1. The van der Waals surface area contributed by atoms with E-state index in [1.807, 2.05) is 11.4 Å². The molecule has 0 aliphatic carbocycles. The molecule has 10 heteroatoms. The lowest BCUT2D eigenvalue weighted by atomic mass is 10.3. The number of nitrogens with zero attached hydrogens (tertiary/aromatic N) is 3. The zero-order valence-corrected chi connectivity index (χ0v) is 13.2. The van der Waals surface area contributed by atoms with E-state index in [4.69, 9.17) is 0 Å². The van der Waals surface area contributed by atoms with Gasteiger partial charge in [-0.25, -0.2) is 4.63 Å². The summed E-state index contributed by atoms with van der Waals surface area (Å²) in [6.07, 6.45) is 0. The van der Waals surface area contributed by atoms with Gasteiger partial charge in [-0.05, 0) is 27.8 Å². The van der Waals surface area contributed by atoms with Gasteiger partial charge < -0.3 is 5.32 Å². The van der Waals surface area contributed by atoms with Crippen LogP contribution in [0.1, 0.15) is 9.67 Å². The predicted octanol–water partition coefficient (Wildman–Crippen LogP) is 2.71. The number of thiophene rings is 1. The number of non-ortho nitro benzene ring substituents is 1. The van der Waals surface area contributed by atoms with Crippen LogP contribution in [-0.2, 0) is 0 Å². The maximum absolute atomic E-state index is 11.8. The van der Waals surface area contributed by atoms with E-state index in [0.29, 0.717) is 22.7 Å². The van der Waals surface area contributed by atoms with E-state index < -0.39 is 4.92 Å². The van der Waals surface area contributed by atoms with Crippen molar-refractivity contribution in [2.75, 3.05) is 12.3 Å². The Bertz CT molecular complexity index is 847. The monoisotopic (exact) mass is 350 g/mol. The number of rotatable bonds is 6. The van der Waals surface area contributed by atoms with Crippen molar-refractivity contribution in [1.29, 1.82) is 0 Å². The number of amides is 1. The molecule has 8 nitrogen and oxygen atoms in total. The minimum Gasteiger partial charge on any atom is -0.350 e. The Labute approximate surface area is 138 Å². The highest BCUT2D eigenvalue weighted by Gasteiger charge is 2.19. The second kappa shape index (κ2) is 6.75. The van der Waals surface area contributed by atoms with Crippen molar-refractivity contribution in [2.45, 2.75) is 4.90 Å². The van der Waals surface area contributed by atoms with Gasteiger partial charge in [0.2, 0.25) is 5.52 Å². The summed E-state index contributed by atoms with van der Waals surface area (Å²) in [6.45, 7) is 0.463. The fraction of sp³-hybridized carbons (Fsp3) is 0.154. The van der Waals surface area contributed by atoms with Crippen molar-refractivity contribution < 1.29 is 14.3 Å². The van der Waals surface area contributed by atoms with Gasteiger partial charge >= 0.3 is 5.69 Å². The Hall–Kier alpha value is -2.46. The van der Waals surface area contributed by atoms with E-state index in [1.165, 1.54) is 29.2 Å². The third-order valence-electron chi connectivity index (χ3n) is 2.94. The van der Waals surface area contributed by atoms with Gasteiger partial charge in [-0.3, -0.25) is 14.9 Å². The first kappa shape index (κ1) is 15.4. The van der Waals surface area contributed by atoms with Crippen molar-refractivity contribution >= 4 is 45.7 Å². The first-order valence-corrected chi connectivity index (χ1v) is 8.37. The van der Waals surface area contributed by atoms with Crippen LogP contribution >= 0.6 is 23.1 Å². The largest absolute Gasteiger partial charge is 0.350 e. The molecule has 118 valence electrons. The van der Waals surface area contributed by atoms with Crippen molar-refractivity contribution in [1.82, 2.24) is 15.6 Å². The molecule has 0 aliphatic heterocycles. The van der Waals surface area contributed by atoms with E-state index in [-0.39, 0.29) is 17.1 Å². The van der Waals surface area contributed by atoms with Crippen molar-refractivity contribution in [3.05, 3.63) is 44.6 Å². The zero-order chi connectivity index (χ0) is 16.2. The minimum atomic E-state index is -0.526. The van der Waals surface area contributed by atoms with E-state index in [2.05, 4.69) is 20.3 Å². The fourth-order valence-electron chi connectivity index (χ4n) is 1.92. The maximum Gasteiger partial charge on any atom is 0.300 e. The van der Waals surface area contributed by atoms with E-state index in [1.54, 1.807) is 12.1 Å². The molecule has 0 unspecified atom stereocenters. The van der Waals surface area contributed by atoms with Crippen LogP contribution in [0, 0.1) is 10.1 Å². The second-order valence-electron chi connectivity index (χ2n) is 4.38. The van der Waals surface area contributed by atoms with E-state index >= 15 is 0 Å². The summed E-state index contributed by atoms with van der Waals surface area (Å²) in [4.78, 5) is 23.6. The maximum atomic E-state index is 11.8. The average molecular weight is 350 g/mol. The molecule has 3 rings (SSSR count). The molecular weight excluding hydrogens is 340 g/mol. The first-order chi connectivity index (χ1) is 11.2. The molecule has 0 fully saturated rings. The topological polar surface area (TPSA) is 111 Å². The lowest BCUT2D eigenvalue weighted by Crippen LogP contribution is -2.24. The van der Waals surface area contributed by atoms with E-state index in [9.17, 15) is 14.9 Å². The summed E-state index contributed by atoms with van der Waals surface area (Å²) in [6, 6.07) is 6.56. The molecule has 0 saturated heterocycles. The minimum absolute atomic E-state index is 0.113. The van der Waals surface area contributed by atoms with Crippen LogP contribution < -0.4 is 5.32 Å². The number of carbonyl (C=O) groups excluding carboxylic acids is 1. The van der Waals surface area contributed by atoms with Gasteiger partial charge in [0.1, 0.15) is 0 Å². The molecule has 1 aromatic carbocycles. The molecule has 0 radical (unpaired) electrons. The van der Waals surface area contributed by atoms with Gasteiger partial charge in [-0.1, -0.05) is 6.07 Å². The molecule has 0 bridgehead atoms. The highest BCUT2D eigenvalue weighted by molar-refractivity contribution is 7.99. The Morgan fingerprint density at radius 1 is 1.35 bits per heavy atom. The van der Waals surface area contributed by atoms with Crippen molar-refractivity contribution in [3.8, 4) is 0 Å². The average Bonchev–Trinajstić information content (AvgIpc) is 3.21.